The number of nitriles is 1. The molecule has 2 aromatic rings. The Morgan fingerprint density at radius 3 is 2.76 bits per heavy atom. The molecule has 0 unspecified atom stereocenters. The standard InChI is InChI=1S/C16H13BrFN3/c17-12-7-9(5-6-13(12)18)15-10-3-1-2-4-14(10)21-16(20)11(15)8-19/h5-7H,1-4H2,(H2,20,21). The molecule has 0 spiro atoms. The maximum absolute atomic E-state index is 13.5. The molecule has 0 saturated carbocycles. The second kappa shape index (κ2) is 5.45. The van der Waals surface area contributed by atoms with E-state index < -0.39 is 0 Å². The molecule has 0 fully saturated rings. The van der Waals surface area contributed by atoms with Crippen molar-refractivity contribution in [3.8, 4) is 17.2 Å². The van der Waals surface area contributed by atoms with Crippen LogP contribution in [0.2, 0.25) is 0 Å². The number of benzene rings is 1. The van der Waals surface area contributed by atoms with Crippen LogP contribution in [0.4, 0.5) is 10.2 Å². The van der Waals surface area contributed by atoms with Gasteiger partial charge in [0.15, 0.2) is 0 Å². The van der Waals surface area contributed by atoms with Crippen molar-refractivity contribution in [3.05, 3.63) is 45.3 Å². The topological polar surface area (TPSA) is 62.7 Å². The van der Waals surface area contributed by atoms with Gasteiger partial charge in [0.1, 0.15) is 23.3 Å². The number of aromatic nitrogens is 1. The van der Waals surface area contributed by atoms with E-state index in [2.05, 4.69) is 27.0 Å². The van der Waals surface area contributed by atoms with E-state index >= 15 is 0 Å². The SMILES string of the molecule is N#Cc1c(N)nc2c(c1-c1ccc(F)c(Br)c1)CCCC2. The molecule has 0 atom stereocenters. The van der Waals surface area contributed by atoms with E-state index in [0.29, 0.717) is 10.0 Å². The minimum absolute atomic E-state index is 0.258. The Bertz CT molecular complexity index is 765. The van der Waals surface area contributed by atoms with Crippen LogP contribution in [-0.2, 0) is 12.8 Å². The van der Waals surface area contributed by atoms with Crippen LogP contribution in [0.15, 0.2) is 22.7 Å². The quantitative estimate of drug-likeness (QED) is 0.849. The van der Waals surface area contributed by atoms with Crippen LogP contribution in [0.1, 0.15) is 29.7 Å². The van der Waals surface area contributed by atoms with Crippen LogP contribution in [-0.4, -0.2) is 4.98 Å². The van der Waals surface area contributed by atoms with Crippen LogP contribution >= 0.6 is 15.9 Å². The second-order valence-electron chi connectivity index (χ2n) is 5.12. The maximum atomic E-state index is 13.5. The lowest BCUT2D eigenvalue weighted by atomic mass is 9.86. The summed E-state index contributed by atoms with van der Waals surface area (Å²) in [7, 11) is 0. The number of nitrogens with two attached hydrogens (primary N) is 1. The molecule has 0 amide bonds. The summed E-state index contributed by atoms with van der Waals surface area (Å²) < 4.78 is 13.8. The predicted octanol–water partition coefficient (Wildman–Crippen LogP) is 3.98. The van der Waals surface area contributed by atoms with Gasteiger partial charge >= 0.3 is 0 Å². The molecule has 2 N–H and O–H groups in total. The van der Waals surface area contributed by atoms with E-state index in [1.165, 1.54) is 6.07 Å². The lowest BCUT2D eigenvalue weighted by molar-refractivity contribution is 0.621. The number of rotatable bonds is 1. The fraction of sp³-hybridized carbons (Fsp3) is 0.250. The van der Waals surface area contributed by atoms with Gasteiger partial charge in [-0.2, -0.15) is 5.26 Å². The molecule has 1 heterocycles. The molecule has 0 bridgehead atoms. The summed E-state index contributed by atoms with van der Waals surface area (Å²) in [5.74, 6) is -0.0678. The number of fused-ring (bicyclic) bond motifs is 1. The average Bonchev–Trinajstić information content (AvgIpc) is 2.48. The molecule has 0 aliphatic heterocycles. The lowest BCUT2D eigenvalue weighted by Gasteiger charge is -2.21. The molecular formula is C16H13BrFN3. The first-order chi connectivity index (χ1) is 10.1. The van der Waals surface area contributed by atoms with Crippen LogP contribution in [0.5, 0.6) is 0 Å². The molecule has 1 aromatic carbocycles. The van der Waals surface area contributed by atoms with Gasteiger partial charge in [-0.05, 0) is 64.9 Å². The minimum Gasteiger partial charge on any atom is -0.383 e. The Balaban J connectivity index is 2.31. The van der Waals surface area contributed by atoms with Crippen LogP contribution in [0, 0.1) is 17.1 Å². The number of aryl methyl sites for hydroxylation is 1. The van der Waals surface area contributed by atoms with Gasteiger partial charge in [-0.3, -0.25) is 0 Å². The fourth-order valence-corrected chi connectivity index (χ4v) is 3.22. The van der Waals surface area contributed by atoms with Crippen LogP contribution in [0.25, 0.3) is 11.1 Å². The fourth-order valence-electron chi connectivity index (χ4n) is 2.85. The lowest BCUT2D eigenvalue weighted by Crippen LogP contribution is -2.11. The number of nitrogen functional groups attached to an aromatic ring is 1. The minimum atomic E-state index is -0.326. The Hall–Kier alpha value is -1.93. The summed E-state index contributed by atoms with van der Waals surface area (Å²) in [6.45, 7) is 0. The van der Waals surface area contributed by atoms with Gasteiger partial charge in [-0.15, -0.1) is 0 Å². The second-order valence-corrected chi connectivity index (χ2v) is 5.97. The van der Waals surface area contributed by atoms with E-state index in [1.807, 2.05) is 0 Å². The zero-order chi connectivity index (χ0) is 15.0. The van der Waals surface area contributed by atoms with Crippen molar-refractivity contribution in [2.75, 3.05) is 5.73 Å². The third-order valence-electron chi connectivity index (χ3n) is 3.82. The van der Waals surface area contributed by atoms with Crippen LogP contribution < -0.4 is 5.73 Å². The predicted molar refractivity (Wildman–Crippen MR) is 83.1 cm³/mol. The zero-order valence-electron chi connectivity index (χ0n) is 11.3. The van der Waals surface area contributed by atoms with Gasteiger partial charge in [0.2, 0.25) is 0 Å². The Morgan fingerprint density at radius 1 is 1.29 bits per heavy atom. The number of hydrogen-bond donors (Lipinski definition) is 1. The molecule has 3 nitrogen and oxygen atoms in total. The monoisotopic (exact) mass is 345 g/mol. The third-order valence-corrected chi connectivity index (χ3v) is 4.43. The van der Waals surface area contributed by atoms with Crippen molar-refractivity contribution < 1.29 is 4.39 Å². The van der Waals surface area contributed by atoms with Crippen molar-refractivity contribution in [2.45, 2.75) is 25.7 Å². The van der Waals surface area contributed by atoms with Crippen molar-refractivity contribution >= 4 is 21.7 Å². The number of nitrogens with zero attached hydrogens (tertiary/aromatic N) is 2. The first-order valence-corrected chi connectivity index (χ1v) is 7.58. The zero-order valence-corrected chi connectivity index (χ0v) is 12.9. The molecule has 1 aliphatic rings. The van der Waals surface area contributed by atoms with E-state index in [-0.39, 0.29) is 11.6 Å². The maximum Gasteiger partial charge on any atom is 0.142 e. The Morgan fingerprint density at radius 2 is 2.05 bits per heavy atom. The summed E-state index contributed by atoms with van der Waals surface area (Å²) in [5.41, 5.74) is 9.97. The van der Waals surface area contributed by atoms with E-state index in [1.54, 1.807) is 12.1 Å². The summed E-state index contributed by atoms with van der Waals surface area (Å²) in [6.07, 6.45) is 3.90. The molecule has 21 heavy (non-hydrogen) atoms. The van der Waals surface area contributed by atoms with E-state index in [0.717, 1.165) is 48.1 Å². The Labute approximate surface area is 130 Å². The molecule has 0 saturated heterocycles. The Kier molecular flexibility index (Phi) is 3.64. The van der Waals surface area contributed by atoms with E-state index in [4.69, 9.17) is 5.73 Å². The number of hydrogen-bond acceptors (Lipinski definition) is 3. The van der Waals surface area contributed by atoms with Gasteiger partial charge < -0.3 is 5.73 Å². The van der Waals surface area contributed by atoms with Gasteiger partial charge in [0.05, 0.1) is 4.47 Å². The molecule has 1 aliphatic carbocycles. The van der Waals surface area contributed by atoms with Crippen LogP contribution in [0.3, 0.4) is 0 Å². The van der Waals surface area contributed by atoms with Crippen molar-refractivity contribution in [1.29, 1.82) is 5.26 Å². The first-order valence-electron chi connectivity index (χ1n) is 6.78. The average molecular weight is 346 g/mol. The molecule has 0 radical (unpaired) electrons. The van der Waals surface area contributed by atoms with Gasteiger partial charge in [-0.25, -0.2) is 9.37 Å². The number of halogens is 2. The summed E-state index contributed by atoms with van der Waals surface area (Å²) in [4.78, 5) is 4.38. The van der Waals surface area contributed by atoms with Gasteiger partial charge in [-0.1, -0.05) is 6.07 Å². The summed E-state index contributed by atoms with van der Waals surface area (Å²) in [5, 5.41) is 9.43. The summed E-state index contributed by atoms with van der Waals surface area (Å²) in [6, 6.07) is 6.92. The number of pyridine rings is 1. The van der Waals surface area contributed by atoms with Gasteiger partial charge in [0.25, 0.3) is 0 Å². The molecule has 106 valence electrons. The van der Waals surface area contributed by atoms with Crippen molar-refractivity contribution in [1.82, 2.24) is 4.98 Å². The molecule has 1 aromatic heterocycles. The molecule has 5 heteroatoms. The normalized spacial score (nSPS) is 13.6. The van der Waals surface area contributed by atoms with E-state index in [9.17, 15) is 9.65 Å². The highest BCUT2D eigenvalue weighted by Crippen LogP contribution is 2.37. The summed E-state index contributed by atoms with van der Waals surface area (Å²) >= 11 is 3.20. The molecular weight excluding hydrogens is 333 g/mol. The largest absolute Gasteiger partial charge is 0.383 e. The number of anilines is 1. The first kappa shape index (κ1) is 14.0. The van der Waals surface area contributed by atoms with Gasteiger partial charge in [0, 0.05) is 11.3 Å². The highest BCUT2D eigenvalue weighted by Gasteiger charge is 2.22. The highest BCUT2D eigenvalue weighted by atomic mass is 79.9. The molecule has 3 rings (SSSR count). The third kappa shape index (κ3) is 2.40. The van der Waals surface area contributed by atoms with Crippen molar-refractivity contribution in [3.63, 3.8) is 0 Å². The highest BCUT2D eigenvalue weighted by molar-refractivity contribution is 9.10. The van der Waals surface area contributed by atoms with Crippen molar-refractivity contribution in [2.24, 2.45) is 0 Å². The smallest absolute Gasteiger partial charge is 0.142 e.